The Balaban J connectivity index is 3.10. The summed E-state index contributed by atoms with van der Waals surface area (Å²) in [7, 11) is 1.31. The van der Waals surface area contributed by atoms with Gasteiger partial charge in [0.1, 0.15) is 0 Å². The molecule has 0 spiro atoms. The maximum atomic E-state index is 11.2. The van der Waals surface area contributed by atoms with E-state index in [2.05, 4.69) is 51.8 Å². The summed E-state index contributed by atoms with van der Waals surface area (Å²) in [6, 6.07) is 0. The van der Waals surface area contributed by atoms with Gasteiger partial charge >= 0.3 is 5.97 Å². The summed E-state index contributed by atoms with van der Waals surface area (Å²) in [6.45, 7) is 5.83. The van der Waals surface area contributed by atoms with Crippen LogP contribution in [0.5, 0.6) is 0 Å². The van der Waals surface area contributed by atoms with Gasteiger partial charge in [0, 0.05) is 15.8 Å². The minimum Gasteiger partial charge on any atom is -0.462 e. The van der Waals surface area contributed by atoms with E-state index in [1.807, 2.05) is 0 Å². The zero-order chi connectivity index (χ0) is 21.8. The Bertz CT molecular complexity index is 408. The van der Waals surface area contributed by atoms with Gasteiger partial charge < -0.3 is 4.74 Å². The van der Waals surface area contributed by atoms with E-state index >= 15 is 0 Å². The summed E-state index contributed by atoms with van der Waals surface area (Å²) in [5, 5.41) is 0. The summed E-state index contributed by atoms with van der Waals surface area (Å²) in [6.07, 6.45) is 24.7. The van der Waals surface area contributed by atoms with Crippen molar-refractivity contribution >= 4 is 61.4 Å². The van der Waals surface area contributed by atoms with Crippen molar-refractivity contribution in [1.29, 1.82) is 0 Å². The molecule has 0 aliphatic carbocycles. The molecule has 0 unspecified atom stereocenters. The number of rotatable bonds is 21. The fourth-order valence-corrected chi connectivity index (χ4v) is 4.59. The van der Waals surface area contributed by atoms with Crippen molar-refractivity contribution in [2.45, 2.75) is 124 Å². The van der Waals surface area contributed by atoms with Gasteiger partial charge in [-0.3, -0.25) is 0 Å². The van der Waals surface area contributed by atoms with Gasteiger partial charge in [-0.1, -0.05) is 154 Å². The molecular formula is C24H46I2O2Si. The van der Waals surface area contributed by atoms with Crippen LogP contribution in [-0.2, 0) is 9.53 Å². The summed E-state index contributed by atoms with van der Waals surface area (Å²) >= 11 is 5.24. The first-order chi connectivity index (χ1) is 13.8. The number of unbranched alkanes of at least 4 members (excludes halogenated alkanes) is 16. The number of alkyl halides is 2. The second-order valence-electron chi connectivity index (χ2n) is 8.75. The number of halogens is 2. The third-order valence-electron chi connectivity index (χ3n) is 5.34. The molecule has 5 heteroatoms. The molecular weight excluding hydrogens is 602 g/mol. The van der Waals surface area contributed by atoms with Crippen molar-refractivity contribution in [3.8, 4) is 0 Å². The molecule has 0 aromatic heterocycles. The van der Waals surface area contributed by atoms with Crippen LogP contribution in [0.2, 0.25) is 0 Å². The molecule has 0 bridgehead atoms. The Labute approximate surface area is 211 Å². The van der Waals surface area contributed by atoms with Gasteiger partial charge in [0.05, 0.1) is 7.66 Å². The van der Waals surface area contributed by atoms with E-state index in [0.29, 0.717) is 13.2 Å². The minimum atomic E-state index is -0.253. The molecule has 172 valence electrons. The van der Waals surface area contributed by atoms with Crippen molar-refractivity contribution in [2.24, 2.45) is 0 Å². The molecule has 2 nitrogen and oxygen atoms in total. The van der Waals surface area contributed by atoms with E-state index in [1.54, 1.807) is 6.92 Å². The summed E-state index contributed by atoms with van der Waals surface area (Å²) in [4.78, 5) is 11.2. The highest BCUT2D eigenvalue weighted by Gasteiger charge is 2.13. The number of esters is 1. The van der Waals surface area contributed by atoms with Crippen LogP contribution in [0.3, 0.4) is 0 Å². The average Bonchev–Trinajstić information content (AvgIpc) is 2.65. The van der Waals surface area contributed by atoms with Crippen molar-refractivity contribution in [2.75, 3.05) is 6.61 Å². The molecule has 29 heavy (non-hydrogen) atoms. The highest BCUT2D eigenvalue weighted by molar-refractivity contribution is 14.2. The lowest BCUT2D eigenvalue weighted by molar-refractivity contribution is -0.139. The number of carbonyl (C=O) groups excluding carboxylic acids is 1. The van der Waals surface area contributed by atoms with E-state index in [4.69, 9.17) is 4.74 Å². The van der Waals surface area contributed by atoms with Crippen LogP contribution >= 0.6 is 45.2 Å². The van der Waals surface area contributed by atoms with Gasteiger partial charge in [0.25, 0.3) is 0 Å². The average molecular weight is 649 g/mol. The monoisotopic (exact) mass is 648 g/mol. The van der Waals surface area contributed by atoms with Crippen molar-refractivity contribution in [3.05, 3.63) is 12.2 Å². The Hall–Kier alpha value is 0.887. The molecule has 0 atom stereocenters. The smallest absolute Gasteiger partial charge is 0.333 e. The van der Waals surface area contributed by atoms with Gasteiger partial charge in [0.2, 0.25) is 0 Å². The maximum absolute atomic E-state index is 11.2. The second kappa shape index (κ2) is 20.8. The van der Waals surface area contributed by atoms with Crippen molar-refractivity contribution in [3.63, 3.8) is 0 Å². The zero-order valence-corrected chi connectivity index (χ0v) is 25.5. The van der Waals surface area contributed by atoms with Crippen LogP contribution in [0, 0.1) is 0 Å². The van der Waals surface area contributed by atoms with Crippen molar-refractivity contribution < 1.29 is 9.53 Å². The fraction of sp³-hybridized carbons (Fsp3) is 0.875. The molecule has 0 aromatic rings. The lowest BCUT2D eigenvalue weighted by atomic mass is 10.0. The quantitative estimate of drug-likeness (QED) is 0.0315. The standard InChI is InChI=1S/C24H46I2O2Si/c1-22(2)23(27)28-21-19-17-15-13-11-9-7-5-3-4-6-8-10-12-14-16-18-20-24(25,26)29/h1,3-21H2,2,29H3. The highest BCUT2D eigenvalue weighted by Crippen LogP contribution is 2.29. The van der Waals surface area contributed by atoms with Crippen LogP contribution in [0.25, 0.3) is 0 Å². The first kappa shape index (κ1) is 29.9. The number of hydrogen-bond acceptors (Lipinski definition) is 2. The highest BCUT2D eigenvalue weighted by atomic mass is 127. The minimum absolute atomic E-state index is 0.253. The molecule has 0 aliphatic rings. The topological polar surface area (TPSA) is 26.3 Å². The van der Waals surface area contributed by atoms with Crippen LogP contribution in [0.4, 0.5) is 0 Å². The fourth-order valence-electron chi connectivity index (χ4n) is 3.48. The Morgan fingerprint density at radius 2 is 1.03 bits per heavy atom. The summed E-state index contributed by atoms with van der Waals surface area (Å²) in [5.74, 6) is -0.253. The summed E-state index contributed by atoms with van der Waals surface area (Å²) in [5.41, 5.74) is 0.493. The predicted octanol–water partition coefficient (Wildman–Crippen LogP) is 8.02. The normalized spacial score (nSPS) is 11.7. The molecule has 0 N–H and O–H groups in total. The van der Waals surface area contributed by atoms with Gasteiger partial charge in [-0.2, -0.15) is 0 Å². The van der Waals surface area contributed by atoms with Gasteiger partial charge in [-0.25, -0.2) is 4.79 Å². The molecule has 0 aliphatic heterocycles. The zero-order valence-electron chi connectivity index (χ0n) is 19.2. The molecule has 0 amide bonds. The van der Waals surface area contributed by atoms with Gasteiger partial charge in [-0.05, 0) is 19.8 Å². The van der Waals surface area contributed by atoms with E-state index < -0.39 is 0 Å². The third kappa shape index (κ3) is 25.0. The van der Waals surface area contributed by atoms with Gasteiger partial charge in [-0.15, -0.1) is 0 Å². The SMILES string of the molecule is C=C(C)C(=O)OCCCCCCCCCCCCCCCCCCCC([SiH3])(I)I. The lowest BCUT2D eigenvalue weighted by Gasteiger charge is -2.13. The van der Waals surface area contributed by atoms with Crippen LogP contribution in [-0.4, -0.2) is 23.9 Å². The molecule has 0 aromatic carbocycles. The summed E-state index contributed by atoms with van der Waals surface area (Å²) < 4.78 is 5.70. The molecule has 0 fully saturated rings. The largest absolute Gasteiger partial charge is 0.462 e. The first-order valence-electron chi connectivity index (χ1n) is 12.0. The maximum Gasteiger partial charge on any atom is 0.333 e. The lowest BCUT2D eigenvalue weighted by Crippen LogP contribution is -2.08. The van der Waals surface area contributed by atoms with Gasteiger partial charge in [0.15, 0.2) is 0 Å². The number of ether oxygens (including phenoxy) is 1. The van der Waals surface area contributed by atoms with Crippen LogP contribution in [0.1, 0.15) is 122 Å². The van der Waals surface area contributed by atoms with E-state index in [0.717, 1.165) is 6.42 Å². The second-order valence-corrected chi connectivity index (χ2v) is 21.4. The van der Waals surface area contributed by atoms with E-state index in [-0.39, 0.29) is 5.97 Å². The molecule has 0 rings (SSSR count). The number of hydrogen-bond donors (Lipinski definition) is 0. The predicted molar refractivity (Wildman–Crippen MR) is 150 cm³/mol. The molecule has 0 saturated heterocycles. The Kier molecular flexibility index (Phi) is 21.4. The molecule has 0 radical (unpaired) electrons. The van der Waals surface area contributed by atoms with E-state index in [9.17, 15) is 4.79 Å². The molecule has 0 saturated carbocycles. The number of carbonyl (C=O) groups is 1. The van der Waals surface area contributed by atoms with Crippen molar-refractivity contribution in [1.82, 2.24) is 0 Å². The van der Waals surface area contributed by atoms with E-state index in [1.165, 1.54) is 119 Å². The molecule has 0 heterocycles. The van der Waals surface area contributed by atoms with Crippen LogP contribution < -0.4 is 0 Å². The Morgan fingerprint density at radius 3 is 1.34 bits per heavy atom. The third-order valence-corrected chi connectivity index (χ3v) is 6.92. The Morgan fingerprint density at radius 1 is 0.724 bits per heavy atom. The first-order valence-corrected chi connectivity index (χ1v) is 15.2. The van der Waals surface area contributed by atoms with Crippen LogP contribution in [0.15, 0.2) is 12.2 Å².